The molecule has 0 aliphatic carbocycles. The molecule has 3 heterocycles. The van der Waals surface area contributed by atoms with Gasteiger partial charge in [-0.25, -0.2) is 0 Å². The number of hydrogen-bond acceptors (Lipinski definition) is 8. The number of likely N-dealkylation sites (N-methyl/N-ethyl adjacent to an activating group) is 1. The van der Waals surface area contributed by atoms with E-state index in [1.807, 2.05) is 32.2 Å². The van der Waals surface area contributed by atoms with Gasteiger partial charge in [-0.2, -0.15) is 0 Å². The van der Waals surface area contributed by atoms with Gasteiger partial charge in [0.25, 0.3) is 11.8 Å². The number of anilines is 2. The van der Waals surface area contributed by atoms with Gasteiger partial charge in [0.05, 0.1) is 24.6 Å². The lowest BCUT2D eigenvalue weighted by Crippen LogP contribution is -2.45. The highest BCUT2D eigenvalue weighted by Gasteiger charge is 2.65. The Labute approximate surface area is 240 Å². The highest BCUT2D eigenvalue weighted by atomic mass is 28.4. The zero-order valence-corrected chi connectivity index (χ0v) is 25.0. The maximum atomic E-state index is 14.0. The highest BCUT2D eigenvalue weighted by molar-refractivity contribution is 6.71. The van der Waals surface area contributed by atoms with E-state index in [0.717, 1.165) is 0 Å². The maximum Gasteiger partial charge on any atom is 0.264 e. The molecule has 1 fully saturated rings. The van der Waals surface area contributed by atoms with Gasteiger partial charge in [0.15, 0.2) is 13.9 Å². The summed E-state index contributed by atoms with van der Waals surface area (Å²) in [6.07, 6.45) is 2.34. The van der Waals surface area contributed by atoms with E-state index in [2.05, 4.69) is 15.6 Å². The molecule has 5 rings (SSSR count). The topological polar surface area (TPSA) is 139 Å². The number of aryl methyl sites for hydroxylation is 1. The quantitative estimate of drug-likeness (QED) is 0.329. The van der Waals surface area contributed by atoms with Crippen LogP contribution in [0, 0.1) is 5.92 Å². The Balaban J connectivity index is 1.45. The Hall–Kier alpha value is -3.58. The molecular weight excluding hydrogens is 542 g/mol. The minimum atomic E-state index is -2.81. The molecule has 0 radical (unpaired) electrons. The SMILES string of the molecule is COc1ccc(C(=O)Nc2ccc3c(c2)[C@@]2(O[C@H](CCn4cc(CCO)nn4)[C@@H]([Si](C)(C)O)[C@@H]2C)C(=O)N3C)cc1. The number of carbonyl (C=O) groups excluding carboxylic acids is 2. The molecule has 0 bridgehead atoms. The first-order valence-corrected chi connectivity index (χ1v) is 16.8. The number of nitrogens with zero attached hydrogens (tertiary/aromatic N) is 4. The zero-order valence-electron chi connectivity index (χ0n) is 24.0. The predicted molar refractivity (Wildman–Crippen MR) is 155 cm³/mol. The summed E-state index contributed by atoms with van der Waals surface area (Å²) in [4.78, 5) is 40.0. The first-order valence-electron chi connectivity index (χ1n) is 13.8. The average Bonchev–Trinajstić information content (AvgIpc) is 3.58. The summed E-state index contributed by atoms with van der Waals surface area (Å²) in [5, 5.41) is 20.4. The van der Waals surface area contributed by atoms with Crippen molar-refractivity contribution in [3.8, 4) is 5.75 Å². The number of nitrogens with one attached hydrogen (secondary N) is 1. The fourth-order valence-electron chi connectivity index (χ4n) is 6.41. The van der Waals surface area contributed by atoms with Crippen LogP contribution in [0.25, 0.3) is 0 Å². The minimum absolute atomic E-state index is 0.00554. The van der Waals surface area contributed by atoms with Crippen molar-refractivity contribution in [3.05, 3.63) is 65.5 Å². The van der Waals surface area contributed by atoms with Crippen molar-refractivity contribution in [2.45, 2.75) is 56.7 Å². The average molecular weight is 580 g/mol. The molecule has 12 heteroatoms. The Morgan fingerprint density at radius 2 is 1.95 bits per heavy atom. The second kappa shape index (κ2) is 11.0. The molecule has 2 amide bonds. The summed E-state index contributed by atoms with van der Waals surface area (Å²) in [6.45, 7) is 6.23. The molecule has 1 spiro atoms. The first-order chi connectivity index (χ1) is 19.5. The Morgan fingerprint density at radius 3 is 2.61 bits per heavy atom. The lowest BCUT2D eigenvalue weighted by molar-refractivity contribution is -0.145. The second-order valence-electron chi connectivity index (χ2n) is 11.4. The van der Waals surface area contributed by atoms with Crippen molar-refractivity contribution < 1.29 is 29.0 Å². The molecule has 2 aliphatic rings. The number of rotatable bonds is 9. The summed E-state index contributed by atoms with van der Waals surface area (Å²) < 4.78 is 13.7. The van der Waals surface area contributed by atoms with Crippen LogP contribution in [-0.4, -0.2) is 71.9 Å². The number of carbonyl (C=O) groups is 2. The van der Waals surface area contributed by atoms with E-state index < -0.39 is 20.0 Å². The number of aliphatic hydroxyl groups is 1. The van der Waals surface area contributed by atoms with Crippen molar-refractivity contribution in [2.75, 3.05) is 31.0 Å². The van der Waals surface area contributed by atoms with Gasteiger partial charge in [-0.15, -0.1) is 5.10 Å². The van der Waals surface area contributed by atoms with Gasteiger partial charge in [0, 0.05) is 61.1 Å². The van der Waals surface area contributed by atoms with Crippen molar-refractivity contribution in [2.24, 2.45) is 5.92 Å². The van der Waals surface area contributed by atoms with Gasteiger partial charge < -0.3 is 29.6 Å². The van der Waals surface area contributed by atoms with Crippen LogP contribution >= 0.6 is 0 Å². The molecule has 41 heavy (non-hydrogen) atoms. The van der Waals surface area contributed by atoms with Crippen LogP contribution in [0.15, 0.2) is 48.7 Å². The molecule has 4 atom stereocenters. The zero-order chi connectivity index (χ0) is 29.5. The number of hydrogen-bond donors (Lipinski definition) is 3. The number of amides is 2. The normalized spacial score (nSPS) is 23.7. The lowest BCUT2D eigenvalue weighted by atomic mass is 9.82. The number of fused-ring (bicyclic) bond motifs is 2. The number of methoxy groups -OCH3 is 1. The van der Waals surface area contributed by atoms with Crippen molar-refractivity contribution in [1.82, 2.24) is 15.0 Å². The largest absolute Gasteiger partial charge is 0.497 e. The number of aliphatic hydroxyl groups excluding tert-OH is 1. The van der Waals surface area contributed by atoms with Crippen molar-refractivity contribution in [3.63, 3.8) is 0 Å². The van der Waals surface area contributed by atoms with Crippen LogP contribution in [-0.2, 0) is 28.1 Å². The molecular formula is C29H37N5O6Si. The molecule has 2 aliphatic heterocycles. The summed E-state index contributed by atoms with van der Waals surface area (Å²) in [5.41, 5.74) is 1.59. The summed E-state index contributed by atoms with van der Waals surface area (Å²) in [5.74, 6) is -0.129. The van der Waals surface area contributed by atoms with Gasteiger partial charge >= 0.3 is 0 Å². The molecule has 2 aromatic carbocycles. The molecule has 11 nitrogen and oxygen atoms in total. The molecule has 1 aromatic heterocycles. The smallest absolute Gasteiger partial charge is 0.264 e. The van der Waals surface area contributed by atoms with Crippen LogP contribution in [0.5, 0.6) is 5.75 Å². The third-order valence-corrected chi connectivity index (χ3v) is 10.8. The predicted octanol–water partition coefficient (Wildman–Crippen LogP) is 2.94. The highest BCUT2D eigenvalue weighted by Crippen LogP contribution is 2.59. The number of benzene rings is 2. The van der Waals surface area contributed by atoms with E-state index in [0.29, 0.717) is 53.3 Å². The van der Waals surface area contributed by atoms with E-state index in [-0.39, 0.29) is 29.9 Å². The van der Waals surface area contributed by atoms with Crippen molar-refractivity contribution >= 4 is 31.5 Å². The number of ether oxygens (including phenoxy) is 2. The standard InChI is InChI=1S/C29H37N5O6Si/c1-18-26(41(4,5)38)25(12-14-34-17-21(13-15-35)31-32-34)40-29(18)23-16-20(8-11-24(23)33(2)28(29)37)30-27(36)19-6-9-22(39-3)10-7-19/h6-11,16-18,25-26,35,38H,12-15H2,1-5H3,(H,30,36)/t18-,25+,26-,29+/m0/s1. The van der Waals surface area contributed by atoms with Gasteiger partial charge in [-0.05, 0) is 62.0 Å². The van der Waals surface area contributed by atoms with Crippen LogP contribution in [0.1, 0.15) is 35.0 Å². The fourth-order valence-corrected chi connectivity index (χ4v) is 9.02. The molecule has 3 N–H and O–H groups in total. The fraction of sp³-hybridized carbons (Fsp3) is 0.448. The summed E-state index contributed by atoms with van der Waals surface area (Å²) >= 11 is 0. The maximum absolute atomic E-state index is 14.0. The van der Waals surface area contributed by atoms with Crippen LogP contribution in [0.2, 0.25) is 18.6 Å². The van der Waals surface area contributed by atoms with Crippen LogP contribution < -0.4 is 15.0 Å². The van der Waals surface area contributed by atoms with E-state index in [1.54, 1.807) is 60.3 Å². The monoisotopic (exact) mass is 579 g/mol. The molecule has 0 unspecified atom stereocenters. The first kappa shape index (κ1) is 28.9. The van der Waals surface area contributed by atoms with Crippen LogP contribution in [0.3, 0.4) is 0 Å². The van der Waals surface area contributed by atoms with Gasteiger partial charge in [0.1, 0.15) is 5.75 Å². The minimum Gasteiger partial charge on any atom is -0.497 e. The third-order valence-electron chi connectivity index (χ3n) is 8.32. The van der Waals surface area contributed by atoms with E-state index in [4.69, 9.17) is 9.47 Å². The van der Waals surface area contributed by atoms with E-state index in [9.17, 15) is 19.5 Å². The molecule has 1 saturated heterocycles. The molecule has 0 saturated carbocycles. The summed E-state index contributed by atoms with van der Waals surface area (Å²) in [7, 11) is 0.486. The number of aromatic nitrogens is 3. The van der Waals surface area contributed by atoms with E-state index in [1.165, 1.54) is 0 Å². The van der Waals surface area contributed by atoms with Gasteiger partial charge in [0.2, 0.25) is 0 Å². The molecule has 218 valence electrons. The Morgan fingerprint density at radius 1 is 1.22 bits per heavy atom. The summed E-state index contributed by atoms with van der Waals surface area (Å²) in [6, 6.07) is 12.2. The van der Waals surface area contributed by atoms with Gasteiger partial charge in [-0.3, -0.25) is 14.3 Å². The Kier molecular flexibility index (Phi) is 7.77. The third kappa shape index (κ3) is 5.16. The Bertz CT molecular complexity index is 1440. The van der Waals surface area contributed by atoms with Crippen molar-refractivity contribution in [1.29, 1.82) is 0 Å². The molecule has 3 aromatic rings. The van der Waals surface area contributed by atoms with E-state index >= 15 is 0 Å². The van der Waals surface area contributed by atoms with Crippen LogP contribution in [0.4, 0.5) is 11.4 Å². The second-order valence-corrected chi connectivity index (χ2v) is 15.3. The lowest BCUT2D eigenvalue weighted by Gasteiger charge is -2.32. The van der Waals surface area contributed by atoms with Gasteiger partial charge in [-0.1, -0.05) is 12.1 Å².